The van der Waals surface area contributed by atoms with Crippen molar-refractivity contribution in [3.8, 4) is 0 Å². The second kappa shape index (κ2) is 8.89. The summed E-state index contributed by atoms with van der Waals surface area (Å²) in [6.45, 7) is 9.42. The van der Waals surface area contributed by atoms with E-state index < -0.39 is 0 Å². The van der Waals surface area contributed by atoms with E-state index in [4.69, 9.17) is 0 Å². The van der Waals surface area contributed by atoms with Crippen LogP contribution in [0.3, 0.4) is 0 Å². The van der Waals surface area contributed by atoms with E-state index in [2.05, 4.69) is 43.1 Å². The molecule has 108 valence electrons. The molecule has 1 rings (SSSR count). The van der Waals surface area contributed by atoms with Gasteiger partial charge in [-0.15, -0.1) is 0 Å². The van der Waals surface area contributed by atoms with Gasteiger partial charge in [0, 0.05) is 25.2 Å². The summed E-state index contributed by atoms with van der Waals surface area (Å²) in [5.41, 5.74) is 0. The average molecular weight is 255 g/mol. The third kappa shape index (κ3) is 5.68. The van der Waals surface area contributed by atoms with Gasteiger partial charge in [-0.25, -0.2) is 0 Å². The molecule has 3 heteroatoms. The minimum atomic E-state index is 0.642. The number of piperidine rings is 1. The monoisotopic (exact) mass is 255 g/mol. The van der Waals surface area contributed by atoms with Crippen molar-refractivity contribution in [3.63, 3.8) is 0 Å². The Labute approximate surface area is 114 Å². The molecule has 0 saturated carbocycles. The molecule has 0 radical (unpaired) electrons. The zero-order valence-electron chi connectivity index (χ0n) is 12.9. The maximum absolute atomic E-state index is 3.60. The number of unbranched alkanes of at least 4 members (excludes halogenated alkanes) is 2. The van der Waals surface area contributed by atoms with Crippen LogP contribution in [0.25, 0.3) is 0 Å². The first-order valence-corrected chi connectivity index (χ1v) is 7.76. The molecule has 1 aliphatic heterocycles. The van der Waals surface area contributed by atoms with Gasteiger partial charge in [0.05, 0.1) is 0 Å². The lowest BCUT2D eigenvalue weighted by Crippen LogP contribution is -2.50. The van der Waals surface area contributed by atoms with Gasteiger partial charge in [0.2, 0.25) is 0 Å². The molecule has 1 N–H and O–H groups in total. The lowest BCUT2D eigenvalue weighted by atomic mass is 10.0. The third-order valence-corrected chi connectivity index (χ3v) is 4.27. The Kier molecular flexibility index (Phi) is 7.87. The van der Waals surface area contributed by atoms with E-state index >= 15 is 0 Å². The van der Waals surface area contributed by atoms with Crippen molar-refractivity contribution >= 4 is 0 Å². The zero-order valence-corrected chi connectivity index (χ0v) is 12.9. The molecule has 1 saturated heterocycles. The van der Waals surface area contributed by atoms with Crippen LogP contribution in [0.5, 0.6) is 0 Å². The highest BCUT2D eigenvalue weighted by molar-refractivity contribution is 4.81. The van der Waals surface area contributed by atoms with Gasteiger partial charge in [0.15, 0.2) is 0 Å². The molecule has 1 fully saturated rings. The first-order chi connectivity index (χ1) is 8.65. The van der Waals surface area contributed by atoms with Crippen LogP contribution in [0.1, 0.15) is 46.0 Å². The van der Waals surface area contributed by atoms with E-state index in [1.807, 2.05) is 0 Å². The molecule has 0 spiro atoms. The summed E-state index contributed by atoms with van der Waals surface area (Å²) in [5.74, 6) is 0. The van der Waals surface area contributed by atoms with E-state index in [-0.39, 0.29) is 0 Å². The minimum Gasteiger partial charge on any atom is -0.315 e. The summed E-state index contributed by atoms with van der Waals surface area (Å²) < 4.78 is 0. The number of rotatable bonds is 8. The van der Waals surface area contributed by atoms with Crippen LogP contribution in [0, 0.1) is 0 Å². The van der Waals surface area contributed by atoms with Gasteiger partial charge in [-0.2, -0.15) is 0 Å². The van der Waals surface area contributed by atoms with Crippen molar-refractivity contribution in [1.82, 2.24) is 15.1 Å². The highest BCUT2D eigenvalue weighted by Crippen LogP contribution is 2.15. The molecule has 2 atom stereocenters. The Morgan fingerprint density at radius 2 is 2.17 bits per heavy atom. The van der Waals surface area contributed by atoms with Crippen molar-refractivity contribution in [2.75, 3.05) is 40.3 Å². The fourth-order valence-electron chi connectivity index (χ4n) is 2.79. The molecule has 0 bridgehead atoms. The molecule has 18 heavy (non-hydrogen) atoms. The van der Waals surface area contributed by atoms with Gasteiger partial charge in [0.1, 0.15) is 0 Å². The predicted octanol–water partition coefficient (Wildman–Crippen LogP) is 2.18. The molecule has 0 aromatic carbocycles. The second-order valence-electron chi connectivity index (χ2n) is 5.98. The summed E-state index contributed by atoms with van der Waals surface area (Å²) >= 11 is 0. The zero-order chi connectivity index (χ0) is 13.4. The fraction of sp³-hybridized carbons (Fsp3) is 1.00. The Morgan fingerprint density at radius 3 is 2.83 bits per heavy atom. The summed E-state index contributed by atoms with van der Waals surface area (Å²) in [5, 5.41) is 3.60. The van der Waals surface area contributed by atoms with E-state index in [0.29, 0.717) is 6.04 Å². The lowest BCUT2D eigenvalue weighted by Gasteiger charge is -2.39. The quantitative estimate of drug-likeness (QED) is 0.671. The molecule has 0 aromatic heterocycles. The maximum Gasteiger partial charge on any atom is 0.0223 e. The standard InChI is InChI=1S/C15H33N3/c1-5-6-7-10-16-12-14(2)18(4)15-9-8-11-17(3)13-15/h14-16H,5-13H2,1-4H3. The molecule has 0 amide bonds. The van der Waals surface area contributed by atoms with E-state index in [1.165, 1.54) is 51.7 Å². The minimum absolute atomic E-state index is 0.642. The van der Waals surface area contributed by atoms with Crippen LogP contribution in [-0.4, -0.2) is 62.2 Å². The van der Waals surface area contributed by atoms with Gasteiger partial charge in [-0.1, -0.05) is 19.8 Å². The topological polar surface area (TPSA) is 18.5 Å². The molecular weight excluding hydrogens is 222 g/mol. The Bertz CT molecular complexity index is 208. The summed E-state index contributed by atoms with van der Waals surface area (Å²) in [6, 6.07) is 1.39. The Hall–Kier alpha value is -0.120. The molecule has 3 nitrogen and oxygen atoms in total. The maximum atomic E-state index is 3.60. The van der Waals surface area contributed by atoms with Crippen LogP contribution in [0.4, 0.5) is 0 Å². The van der Waals surface area contributed by atoms with E-state index in [0.717, 1.165) is 12.6 Å². The molecule has 1 aliphatic rings. The van der Waals surface area contributed by atoms with Gasteiger partial charge in [-0.3, -0.25) is 4.90 Å². The smallest absolute Gasteiger partial charge is 0.0223 e. The van der Waals surface area contributed by atoms with Gasteiger partial charge in [-0.05, 0) is 53.4 Å². The summed E-state index contributed by atoms with van der Waals surface area (Å²) in [6.07, 6.45) is 6.69. The SMILES string of the molecule is CCCCCNCC(C)N(C)C1CCCN(C)C1. The van der Waals surface area contributed by atoms with E-state index in [1.54, 1.807) is 0 Å². The summed E-state index contributed by atoms with van der Waals surface area (Å²) in [4.78, 5) is 5.04. The van der Waals surface area contributed by atoms with Crippen LogP contribution in [-0.2, 0) is 0 Å². The van der Waals surface area contributed by atoms with Crippen molar-refractivity contribution in [3.05, 3.63) is 0 Å². The lowest BCUT2D eigenvalue weighted by molar-refractivity contribution is 0.104. The first kappa shape index (κ1) is 15.9. The van der Waals surface area contributed by atoms with Crippen molar-refractivity contribution in [1.29, 1.82) is 0 Å². The Morgan fingerprint density at radius 1 is 1.39 bits per heavy atom. The molecule has 0 aliphatic carbocycles. The fourth-order valence-corrected chi connectivity index (χ4v) is 2.79. The first-order valence-electron chi connectivity index (χ1n) is 7.76. The largest absolute Gasteiger partial charge is 0.315 e. The van der Waals surface area contributed by atoms with Crippen LogP contribution in [0.2, 0.25) is 0 Å². The van der Waals surface area contributed by atoms with Crippen LogP contribution in [0.15, 0.2) is 0 Å². The van der Waals surface area contributed by atoms with Crippen molar-refractivity contribution in [2.24, 2.45) is 0 Å². The number of likely N-dealkylation sites (tertiary alicyclic amines) is 1. The number of hydrogen-bond donors (Lipinski definition) is 1. The second-order valence-corrected chi connectivity index (χ2v) is 5.98. The van der Waals surface area contributed by atoms with Crippen molar-refractivity contribution < 1.29 is 0 Å². The van der Waals surface area contributed by atoms with Crippen molar-refractivity contribution in [2.45, 2.75) is 58.0 Å². The number of hydrogen-bond acceptors (Lipinski definition) is 3. The highest BCUT2D eigenvalue weighted by Gasteiger charge is 2.23. The molecule has 2 unspecified atom stereocenters. The molecule has 1 heterocycles. The normalized spacial score (nSPS) is 23.5. The van der Waals surface area contributed by atoms with E-state index in [9.17, 15) is 0 Å². The highest BCUT2D eigenvalue weighted by atomic mass is 15.2. The predicted molar refractivity (Wildman–Crippen MR) is 80.1 cm³/mol. The molecule has 0 aromatic rings. The van der Waals surface area contributed by atoms with Crippen LogP contribution < -0.4 is 5.32 Å². The molecular formula is C15H33N3. The van der Waals surface area contributed by atoms with Gasteiger partial charge >= 0.3 is 0 Å². The average Bonchev–Trinajstić information content (AvgIpc) is 2.37. The van der Waals surface area contributed by atoms with Gasteiger partial charge in [0.25, 0.3) is 0 Å². The number of nitrogens with one attached hydrogen (secondary N) is 1. The Balaban J connectivity index is 2.17. The number of likely N-dealkylation sites (N-methyl/N-ethyl adjacent to an activating group) is 2. The third-order valence-electron chi connectivity index (χ3n) is 4.27. The van der Waals surface area contributed by atoms with Gasteiger partial charge < -0.3 is 10.2 Å². The van der Waals surface area contributed by atoms with Crippen LogP contribution >= 0.6 is 0 Å². The number of nitrogens with zero attached hydrogens (tertiary/aromatic N) is 2. The summed E-state index contributed by atoms with van der Waals surface area (Å²) in [7, 11) is 4.54.